The molecule has 0 fully saturated rings. The molecule has 0 N–H and O–H groups in total. The van der Waals surface area contributed by atoms with Crippen molar-refractivity contribution >= 4 is 0 Å². The minimum Gasteiger partial charge on any atom is -0.332 e. The summed E-state index contributed by atoms with van der Waals surface area (Å²) in [6.45, 7) is 8.67. The van der Waals surface area contributed by atoms with E-state index in [1.807, 2.05) is 0 Å². The molecular weight excluding hydrogens is 150 g/mol. The minimum absolute atomic E-state index is 1.02. The summed E-state index contributed by atoms with van der Waals surface area (Å²) in [5.41, 5.74) is 1.14. The Morgan fingerprint density at radius 3 is 3.08 bits per heavy atom. The number of imidazole rings is 1. The van der Waals surface area contributed by atoms with Crippen molar-refractivity contribution in [3.8, 4) is 0 Å². The number of aryl methyl sites for hydroxylation is 1. The molecule has 2 rings (SSSR count). The van der Waals surface area contributed by atoms with Gasteiger partial charge in [-0.25, -0.2) is 4.98 Å². The summed E-state index contributed by atoms with van der Waals surface area (Å²) in [5.74, 6) is 1.22. The first-order valence-electron chi connectivity index (χ1n) is 4.54. The van der Waals surface area contributed by atoms with E-state index in [4.69, 9.17) is 0 Å². The van der Waals surface area contributed by atoms with Crippen LogP contribution < -0.4 is 0 Å². The van der Waals surface area contributed by atoms with Crippen LogP contribution in [0.25, 0.3) is 0 Å². The average Bonchev–Trinajstić information content (AvgIpc) is 2.43. The first-order valence-corrected chi connectivity index (χ1v) is 4.54. The van der Waals surface area contributed by atoms with Crippen molar-refractivity contribution < 1.29 is 0 Å². The van der Waals surface area contributed by atoms with Crippen molar-refractivity contribution in [2.45, 2.75) is 26.9 Å². The van der Waals surface area contributed by atoms with E-state index in [0.717, 1.165) is 25.3 Å². The van der Waals surface area contributed by atoms with Gasteiger partial charge in [0.1, 0.15) is 5.82 Å². The minimum atomic E-state index is 1.02. The van der Waals surface area contributed by atoms with Gasteiger partial charge in [0, 0.05) is 19.3 Å². The van der Waals surface area contributed by atoms with E-state index in [2.05, 4.69) is 34.5 Å². The summed E-state index contributed by atoms with van der Waals surface area (Å²) >= 11 is 0. The highest BCUT2D eigenvalue weighted by Crippen LogP contribution is 2.11. The molecule has 1 aromatic heterocycles. The van der Waals surface area contributed by atoms with Gasteiger partial charge in [0.2, 0.25) is 0 Å². The number of fused-ring (bicyclic) bond motifs is 1. The van der Waals surface area contributed by atoms with Gasteiger partial charge in [0.15, 0.2) is 0 Å². The molecule has 66 valence electrons. The first-order chi connectivity index (χ1) is 5.79. The quantitative estimate of drug-likeness (QED) is 0.619. The van der Waals surface area contributed by atoms with Gasteiger partial charge in [-0.05, 0) is 13.5 Å². The number of likely N-dealkylation sites (N-methyl/N-ethyl adjacent to an activating group) is 1. The van der Waals surface area contributed by atoms with Crippen LogP contribution in [0.4, 0.5) is 0 Å². The monoisotopic (exact) mass is 165 g/mol. The van der Waals surface area contributed by atoms with Crippen LogP contribution in [0.5, 0.6) is 0 Å². The summed E-state index contributed by atoms with van der Waals surface area (Å²) in [6, 6.07) is 0. The SMILES string of the molecule is CCN1CCn2cc(C)nc2C1. The van der Waals surface area contributed by atoms with E-state index in [0.29, 0.717) is 0 Å². The summed E-state index contributed by atoms with van der Waals surface area (Å²) < 4.78 is 2.27. The summed E-state index contributed by atoms with van der Waals surface area (Å²) in [6.07, 6.45) is 2.14. The third-order valence-electron chi connectivity index (χ3n) is 2.45. The van der Waals surface area contributed by atoms with E-state index >= 15 is 0 Å². The van der Waals surface area contributed by atoms with E-state index in [1.165, 1.54) is 12.4 Å². The van der Waals surface area contributed by atoms with Crippen molar-refractivity contribution in [2.24, 2.45) is 0 Å². The second-order valence-electron chi connectivity index (χ2n) is 3.36. The van der Waals surface area contributed by atoms with E-state index < -0.39 is 0 Å². The van der Waals surface area contributed by atoms with Gasteiger partial charge in [-0.2, -0.15) is 0 Å². The van der Waals surface area contributed by atoms with Crippen molar-refractivity contribution in [2.75, 3.05) is 13.1 Å². The highest BCUT2D eigenvalue weighted by atomic mass is 15.2. The molecule has 0 spiro atoms. The molecule has 2 heterocycles. The van der Waals surface area contributed by atoms with Gasteiger partial charge in [-0.1, -0.05) is 6.92 Å². The lowest BCUT2D eigenvalue weighted by Gasteiger charge is -2.25. The summed E-state index contributed by atoms with van der Waals surface area (Å²) in [7, 11) is 0. The van der Waals surface area contributed by atoms with Crippen LogP contribution >= 0.6 is 0 Å². The lowest BCUT2D eigenvalue weighted by atomic mass is 10.3. The molecule has 0 atom stereocenters. The fourth-order valence-corrected chi connectivity index (χ4v) is 1.71. The van der Waals surface area contributed by atoms with E-state index in [-0.39, 0.29) is 0 Å². The van der Waals surface area contributed by atoms with Crippen molar-refractivity contribution in [1.82, 2.24) is 14.5 Å². The van der Waals surface area contributed by atoms with Gasteiger partial charge in [0.25, 0.3) is 0 Å². The van der Waals surface area contributed by atoms with Crippen LogP contribution in [-0.4, -0.2) is 27.5 Å². The molecule has 0 bridgehead atoms. The Balaban J connectivity index is 2.22. The fraction of sp³-hybridized carbons (Fsp3) is 0.667. The largest absolute Gasteiger partial charge is 0.332 e. The molecule has 0 saturated carbocycles. The van der Waals surface area contributed by atoms with Crippen LogP contribution in [0.15, 0.2) is 6.20 Å². The maximum atomic E-state index is 4.47. The second kappa shape index (κ2) is 2.90. The Kier molecular flexibility index (Phi) is 1.89. The number of hydrogen-bond donors (Lipinski definition) is 0. The van der Waals surface area contributed by atoms with Crippen molar-refractivity contribution in [3.63, 3.8) is 0 Å². The summed E-state index contributed by atoms with van der Waals surface area (Å²) in [5, 5.41) is 0. The Morgan fingerprint density at radius 1 is 1.50 bits per heavy atom. The standard InChI is InChI=1S/C9H15N3/c1-3-11-4-5-12-6-8(2)10-9(12)7-11/h6H,3-5,7H2,1-2H3. The molecule has 3 heteroatoms. The topological polar surface area (TPSA) is 21.1 Å². The smallest absolute Gasteiger partial charge is 0.123 e. The van der Waals surface area contributed by atoms with Crippen LogP contribution in [0.3, 0.4) is 0 Å². The molecule has 1 aliphatic heterocycles. The molecule has 0 amide bonds. The molecule has 0 saturated heterocycles. The molecular formula is C9H15N3. The zero-order valence-electron chi connectivity index (χ0n) is 7.75. The Labute approximate surface area is 73.0 Å². The van der Waals surface area contributed by atoms with E-state index in [9.17, 15) is 0 Å². The van der Waals surface area contributed by atoms with Crippen molar-refractivity contribution in [1.29, 1.82) is 0 Å². The van der Waals surface area contributed by atoms with Gasteiger partial charge in [-0.15, -0.1) is 0 Å². The fourth-order valence-electron chi connectivity index (χ4n) is 1.71. The zero-order chi connectivity index (χ0) is 8.55. The Hall–Kier alpha value is -0.830. The summed E-state index contributed by atoms with van der Waals surface area (Å²) in [4.78, 5) is 6.89. The maximum absolute atomic E-state index is 4.47. The number of nitrogens with zero attached hydrogens (tertiary/aromatic N) is 3. The number of aromatic nitrogens is 2. The highest BCUT2D eigenvalue weighted by molar-refractivity contribution is 5.03. The van der Waals surface area contributed by atoms with E-state index in [1.54, 1.807) is 0 Å². The predicted molar refractivity (Wildman–Crippen MR) is 47.9 cm³/mol. The van der Waals surface area contributed by atoms with Gasteiger partial charge in [0.05, 0.1) is 12.2 Å². The lowest BCUT2D eigenvalue weighted by Crippen LogP contribution is -2.33. The van der Waals surface area contributed by atoms with Crippen LogP contribution in [0.1, 0.15) is 18.4 Å². The molecule has 0 aliphatic carbocycles. The van der Waals surface area contributed by atoms with Gasteiger partial charge >= 0.3 is 0 Å². The van der Waals surface area contributed by atoms with Crippen molar-refractivity contribution in [3.05, 3.63) is 17.7 Å². The van der Waals surface area contributed by atoms with Gasteiger partial charge in [-0.3, -0.25) is 4.90 Å². The number of rotatable bonds is 1. The Morgan fingerprint density at radius 2 is 2.33 bits per heavy atom. The maximum Gasteiger partial charge on any atom is 0.123 e. The molecule has 12 heavy (non-hydrogen) atoms. The second-order valence-corrected chi connectivity index (χ2v) is 3.36. The molecule has 1 aromatic rings. The van der Waals surface area contributed by atoms with Crippen LogP contribution in [0, 0.1) is 6.92 Å². The Bertz CT molecular complexity index is 277. The normalized spacial score (nSPS) is 17.8. The molecule has 0 aromatic carbocycles. The third-order valence-corrected chi connectivity index (χ3v) is 2.45. The number of hydrogen-bond acceptors (Lipinski definition) is 2. The van der Waals surface area contributed by atoms with Crippen LogP contribution in [0.2, 0.25) is 0 Å². The van der Waals surface area contributed by atoms with Gasteiger partial charge < -0.3 is 4.57 Å². The molecule has 0 radical (unpaired) electrons. The lowest BCUT2D eigenvalue weighted by molar-refractivity contribution is 0.228. The van der Waals surface area contributed by atoms with Crippen LogP contribution in [-0.2, 0) is 13.1 Å². The molecule has 0 unspecified atom stereocenters. The molecule has 3 nitrogen and oxygen atoms in total. The first kappa shape index (κ1) is 7.80. The predicted octanol–water partition coefficient (Wildman–Crippen LogP) is 1.03. The zero-order valence-corrected chi connectivity index (χ0v) is 7.75. The third kappa shape index (κ3) is 1.25. The highest BCUT2D eigenvalue weighted by Gasteiger charge is 2.15. The average molecular weight is 165 g/mol. The molecule has 1 aliphatic rings.